The molecular formula is C53H40N2O. The van der Waals surface area contributed by atoms with Crippen LogP contribution in [0, 0.1) is 11.8 Å². The van der Waals surface area contributed by atoms with Gasteiger partial charge in [-0.15, -0.1) is 0 Å². The first-order chi connectivity index (χ1) is 27.5. The molecule has 0 bridgehead atoms. The third-order valence-electron chi connectivity index (χ3n) is 12.7. The summed E-state index contributed by atoms with van der Waals surface area (Å²) in [4.78, 5) is 10.4. The first kappa shape index (κ1) is 32.8. The molecule has 0 radical (unpaired) electrons. The molecular weight excluding hydrogens is 681 g/mol. The van der Waals surface area contributed by atoms with Crippen molar-refractivity contribution in [3.8, 4) is 56.5 Å². The van der Waals surface area contributed by atoms with Gasteiger partial charge in [-0.25, -0.2) is 9.97 Å². The Morgan fingerprint density at radius 1 is 0.571 bits per heavy atom. The lowest BCUT2D eigenvalue weighted by Crippen LogP contribution is -2.41. The largest absolute Gasteiger partial charge is 0.457 e. The molecule has 1 aliphatic heterocycles. The van der Waals surface area contributed by atoms with E-state index in [0.29, 0.717) is 5.92 Å². The number of nitrogens with zero attached hydrogens (tertiary/aromatic N) is 2. The minimum Gasteiger partial charge on any atom is -0.457 e. The van der Waals surface area contributed by atoms with Crippen molar-refractivity contribution < 1.29 is 4.74 Å². The smallest absolute Gasteiger partial charge is 0.160 e. The second-order valence-corrected chi connectivity index (χ2v) is 16.0. The van der Waals surface area contributed by atoms with E-state index in [2.05, 4.69) is 190 Å². The van der Waals surface area contributed by atoms with E-state index in [4.69, 9.17) is 14.7 Å². The summed E-state index contributed by atoms with van der Waals surface area (Å²) in [5, 5.41) is 0. The van der Waals surface area contributed by atoms with Gasteiger partial charge in [0, 0.05) is 39.2 Å². The lowest BCUT2D eigenvalue weighted by Gasteiger charge is -2.45. The molecule has 0 N–H and O–H groups in total. The van der Waals surface area contributed by atoms with Gasteiger partial charge in [0.1, 0.15) is 11.5 Å². The molecule has 4 aliphatic rings. The van der Waals surface area contributed by atoms with Crippen molar-refractivity contribution in [2.75, 3.05) is 0 Å². The Hall–Kier alpha value is -6.58. The summed E-state index contributed by atoms with van der Waals surface area (Å²) in [7, 11) is 0. The van der Waals surface area contributed by atoms with Crippen LogP contribution in [-0.2, 0) is 17.3 Å². The maximum absolute atomic E-state index is 6.84. The minimum absolute atomic E-state index is 0.142. The zero-order valence-electron chi connectivity index (χ0n) is 31.5. The zero-order chi connectivity index (χ0) is 37.4. The Balaban J connectivity index is 1.01. The van der Waals surface area contributed by atoms with Crippen LogP contribution in [-0.4, -0.2) is 9.97 Å². The van der Waals surface area contributed by atoms with E-state index >= 15 is 0 Å². The molecule has 3 aliphatic carbocycles. The van der Waals surface area contributed by atoms with Crippen molar-refractivity contribution in [3.63, 3.8) is 0 Å². The average Bonchev–Trinajstić information content (AvgIpc) is 3.48. The van der Waals surface area contributed by atoms with Gasteiger partial charge in [0.2, 0.25) is 0 Å². The number of allylic oxidation sites excluding steroid dienone is 5. The monoisotopic (exact) mass is 720 g/mol. The molecule has 3 nitrogen and oxygen atoms in total. The van der Waals surface area contributed by atoms with Gasteiger partial charge in [-0.05, 0) is 63.9 Å². The van der Waals surface area contributed by atoms with Gasteiger partial charge in [-0.1, -0.05) is 178 Å². The second kappa shape index (κ2) is 12.5. The van der Waals surface area contributed by atoms with E-state index in [0.717, 1.165) is 57.4 Å². The molecule has 0 saturated carbocycles. The van der Waals surface area contributed by atoms with Gasteiger partial charge in [0.25, 0.3) is 0 Å². The van der Waals surface area contributed by atoms with Crippen LogP contribution in [0.15, 0.2) is 176 Å². The lowest BCUT2D eigenvalue weighted by molar-refractivity contribution is 0.329. The predicted octanol–water partition coefficient (Wildman–Crippen LogP) is 12.8. The minimum atomic E-state index is -0.385. The number of hydrogen-bond donors (Lipinski definition) is 0. The second-order valence-electron chi connectivity index (χ2n) is 16.0. The number of para-hydroxylation sites is 1. The number of aromatic nitrogens is 2. The fraction of sp³-hybridized carbons (Fsp3) is 0.132. The summed E-state index contributed by atoms with van der Waals surface area (Å²) in [5.41, 5.74) is 14.6. The number of benzene rings is 6. The van der Waals surface area contributed by atoms with E-state index in [1.807, 2.05) is 6.07 Å². The van der Waals surface area contributed by atoms with E-state index in [1.54, 1.807) is 0 Å². The molecule has 1 spiro atoms. The highest BCUT2D eigenvalue weighted by atomic mass is 16.5. The Labute approximate surface area is 328 Å². The molecule has 0 fully saturated rings. The fourth-order valence-electron chi connectivity index (χ4n) is 10.1. The van der Waals surface area contributed by atoms with Crippen molar-refractivity contribution in [2.24, 2.45) is 11.8 Å². The molecule has 3 heteroatoms. The van der Waals surface area contributed by atoms with Gasteiger partial charge in [0.15, 0.2) is 5.82 Å². The normalized spacial score (nSPS) is 22.1. The standard InChI is InChI=1S/C53H40N2O/c1-34-22-23-36-15-12-16-40(41(36)31-34)47-33-46(37-13-4-3-5-14-37)54-51(55-47)38-26-24-35(25-27-38)39-28-29-45-49(32-39)56-48-20-9-8-19-44(48)53(45)43-18-7-6-17-42(43)52(2)30-11-10-21-50(52)53/h3-30,32-34,50H,31H2,1-2H3. The summed E-state index contributed by atoms with van der Waals surface area (Å²) in [6, 6.07) is 52.3. The Morgan fingerprint density at radius 2 is 1.29 bits per heavy atom. The van der Waals surface area contributed by atoms with Crippen molar-refractivity contribution in [2.45, 2.75) is 31.1 Å². The van der Waals surface area contributed by atoms with E-state index in [9.17, 15) is 0 Å². The van der Waals surface area contributed by atoms with Crippen LogP contribution < -0.4 is 4.74 Å². The molecule has 4 atom stereocenters. The Morgan fingerprint density at radius 3 is 2.14 bits per heavy atom. The maximum Gasteiger partial charge on any atom is 0.160 e. The van der Waals surface area contributed by atoms with Crippen molar-refractivity contribution >= 4 is 6.08 Å². The van der Waals surface area contributed by atoms with E-state index < -0.39 is 0 Å². The molecule has 0 amide bonds. The topological polar surface area (TPSA) is 35.0 Å². The molecule has 268 valence electrons. The predicted molar refractivity (Wildman–Crippen MR) is 228 cm³/mol. The highest BCUT2D eigenvalue weighted by molar-refractivity contribution is 5.79. The molecule has 2 heterocycles. The van der Waals surface area contributed by atoms with Crippen LogP contribution in [0.2, 0.25) is 0 Å². The van der Waals surface area contributed by atoms with Crippen LogP contribution in [0.4, 0.5) is 0 Å². The highest BCUT2D eigenvalue weighted by Crippen LogP contribution is 2.66. The third-order valence-corrected chi connectivity index (χ3v) is 12.7. The lowest BCUT2D eigenvalue weighted by atomic mass is 9.59. The molecule has 11 rings (SSSR count). The summed E-state index contributed by atoms with van der Waals surface area (Å²) in [6.07, 6.45) is 14.8. The third kappa shape index (κ3) is 4.83. The first-order valence-corrected chi connectivity index (χ1v) is 19.7. The molecule has 1 aromatic heterocycles. The first-order valence-electron chi connectivity index (χ1n) is 19.7. The number of fused-ring (bicyclic) bond motifs is 10. The number of hydrogen-bond acceptors (Lipinski definition) is 3. The summed E-state index contributed by atoms with van der Waals surface area (Å²) in [6.45, 7) is 4.67. The molecule has 6 aromatic carbocycles. The van der Waals surface area contributed by atoms with Gasteiger partial charge in [-0.3, -0.25) is 0 Å². The van der Waals surface area contributed by atoms with Gasteiger partial charge >= 0.3 is 0 Å². The molecule has 4 unspecified atom stereocenters. The number of rotatable bonds is 4. The summed E-state index contributed by atoms with van der Waals surface area (Å²) in [5.74, 6) is 3.23. The van der Waals surface area contributed by atoms with Crippen LogP contribution in [0.5, 0.6) is 11.5 Å². The van der Waals surface area contributed by atoms with Crippen LogP contribution >= 0.6 is 0 Å². The molecule has 7 aromatic rings. The van der Waals surface area contributed by atoms with Crippen LogP contribution in [0.3, 0.4) is 0 Å². The SMILES string of the molecule is CC1C=Cc2cccc(-c3cc(-c4ccccc4)nc(-c4ccc(-c5ccc6c(c5)Oc5ccccc5C65c6ccccc6C6(C)C=CC=CC65)cc4)n3)c2C1. The van der Waals surface area contributed by atoms with Gasteiger partial charge in [-0.2, -0.15) is 0 Å². The average molecular weight is 721 g/mol. The highest BCUT2D eigenvalue weighted by Gasteiger charge is 2.60. The zero-order valence-corrected chi connectivity index (χ0v) is 31.5. The maximum atomic E-state index is 6.84. The Kier molecular flexibility index (Phi) is 7.31. The van der Waals surface area contributed by atoms with Crippen LogP contribution in [0.1, 0.15) is 47.2 Å². The fourth-order valence-corrected chi connectivity index (χ4v) is 10.1. The Bertz CT molecular complexity index is 2790. The number of ether oxygens (including phenoxy) is 1. The van der Waals surface area contributed by atoms with Crippen LogP contribution in [0.25, 0.3) is 51.1 Å². The molecule has 56 heavy (non-hydrogen) atoms. The molecule has 0 saturated heterocycles. The van der Waals surface area contributed by atoms with E-state index in [1.165, 1.54) is 38.9 Å². The van der Waals surface area contributed by atoms with E-state index in [-0.39, 0.29) is 16.7 Å². The summed E-state index contributed by atoms with van der Waals surface area (Å²) < 4.78 is 6.84. The van der Waals surface area contributed by atoms with Gasteiger partial charge in [0.05, 0.1) is 16.8 Å². The summed E-state index contributed by atoms with van der Waals surface area (Å²) >= 11 is 0. The van der Waals surface area contributed by atoms with Crippen molar-refractivity contribution in [3.05, 3.63) is 209 Å². The van der Waals surface area contributed by atoms with Gasteiger partial charge < -0.3 is 4.74 Å². The quantitative estimate of drug-likeness (QED) is 0.182. The van der Waals surface area contributed by atoms with Crippen molar-refractivity contribution in [1.82, 2.24) is 9.97 Å². The van der Waals surface area contributed by atoms with Crippen molar-refractivity contribution in [1.29, 1.82) is 0 Å².